The molecule has 0 aliphatic carbocycles. The van der Waals surface area contributed by atoms with Gasteiger partial charge < -0.3 is 25.4 Å². The van der Waals surface area contributed by atoms with Gasteiger partial charge in [0, 0.05) is 19.6 Å². The summed E-state index contributed by atoms with van der Waals surface area (Å²) in [5.74, 6) is 0.343. The van der Waals surface area contributed by atoms with Crippen LogP contribution < -0.4 is 15.8 Å². The molecule has 7 nitrogen and oxygen atoms in total. The Kier molecular flexibility index (Phi) is 7.80. The number of piperidine rings is 1. The minimum atomic E-state index is -4.71. The van der Waals surface area contributed by atoms with Gasteiger partial charge in [0.25, 0.3) is 0 Å². The Hall–Kier alpha value is -2.65. The number of carbonyl (C=O) groups excluding carboxylic acids is 1. The Morgan fingerprint density at radius 3 is 2.33 bits per heavy atom. The number of amides is 1. The van der Waals surface area contributed by atoms with Crippen molar-refractivity contribution in [1.29, 1.82) is 0 Å². The summed E-state index contributed by atoms with van der Waals surface area (Å²) >= 11 is 0. The van der Waals surface area contributed by atoms with Gasteiger partial charge in [-0.05, 0) is 57.2 Å². The molecule has 1 aliphatic heterocycles. The van der Waals surface area contributed by atoms with Crippen LogP contribution in [-0.4, -0.2) is 48.6 Å². The van der Waals surface area contributed by atoms with Gasteiger partial charge >= 0.3 is 12.5 Å². The number of guanidine groups is 1. The summed E-state index contributed by atoms with van der Waals surface area (Å²) in [6.45, 7) is 7.66. The van der Waals surface area contributed by atoms with Crippen LogP contribution in [0.1, 0.15) is 39.2 Å². The van der Waals surface area contributed by atoms with E-state index in [0.717, 1.165) is 12.8 Å². The summed E-state index contributed by atoms with van der Waals surface area (Å²) in [5, 5.41) is 3.07. The average molecular weight is 430 g/mol. The Labute approximate surface area is 174 Å². The van der Waals surface area contributed by atoms with Crippen LogP contribution in [0.2, 0.25) is 0 Å². The highest BCUT2D eigenvalue weighted by Crippen LogP contribution is 2.23. The van der Waals surface area contributed by atoms with E-state index in [-0.39, 0.29) is 24.3 Å². The molecular weight excluding hydrogens is 401 g/mol. The highest BCUT2D eigenvalue weighted by atomic mass is 19.4. The Morgan fingerprint density at radius 1 is 1.20 bits per heavy atom. The molecule has 0 atom stereocenters. The fourth-order valence-electron chi connectivity index (χ4n) is 2.92. The van der Waals surface area contributed by atoms with Gasteiger partial charge in [-0.3, -0.25) is 0 Å². The second-order valence-corrected chi connectivity index (χ2v) is 8.18. The second kappa shape index (κ2) is 9.90. The lowest BCUT2D eigenvalue weighted by Gasteiger charge is -2.33. The average Bonchev–Trinajstić information content (AvgIpc) is 2.63. The first-order chi connectivity index (χ1) is 13.9. The maximum absolute atomic E-state index is 12.2. The van der Waals surface area contributed by atoms with Gasteiger partial charge in [-0.2, -0.15) is 0 Å². The van der Waals surface area contributed by atoms with E-state index in [1.54, 1.807) is 4.90 Å². The van der Waals surface area contributed by atoms with Crippen LogP contribution in [0.15, 0.2) is 29.3 Å². The Morgan fingerprint density at radius 2 is 1.80 bits per heavy atom. The number of nitrogens with one attached hydrogen (secondary N) is 1. The molecule has 1 amide bonds. The number of hydrogen-bond donors (Lipinski definition) is 2. The van der Waals surface area contributed by atoms with E-state index >= 15 is 0 Å². The first kappa shape index (κ1) is 23.6. The van der Waals surface area contributed by atoms with Crippen molar-refractivity contribution in [2.24, 2.45) is 16.6 Å². The zero-order chi connectivity index (χ0) is 22.4. The molecule has 1 aromatic carbocycles. The summed E-state index contributed by atoms with van der Waals surface area (Å²) in [6, 6.07) is 5.48. The van der Waals surface area contributed by atoms with Crippen molar-refractivity contribution in [2.75, 3.05) is 19.6 Å². The molecule has 3 N–H and O–H groups in total. The number of ether oxygens (including phenoxy) is 2. The zero-order valence-corrected chi connectivity index (χ0v) is 17.5. The summed E-state index contributed by atoms with van der Waals surface area (Å²) in [5.41, 5.74) is 6.08. The third kappa shape index (κ3) is 8.79. The summed E-state index contributed by atoms with van der Waals surface area (Å²) < 4.78 is 45.7. The smallest absolute Gasteiger partial charge is 0.444 e. The number of halogens is 3. The first-order valence-electron chi connectivity index (χ1n) is 9.78. The van der Waals surface area contributed by atoms with Gasteiger partial charge in [0.05, 0.1) is 6.54 Å². The second-order valence-electron chi connectivity index (χ2n) is 8.18. The van der Waals surface area contributed by atoms with Gasteiger partial charge in [-0.15, -0.1) is 13.2 Å². The molecule has 10 heteroatoms. The minimum absolute atomic E-state index is 0.238. The third-order valence-electron chi connectivity index (χ3n) is 4.43. The highest BCUT2D eigenvalue weighted by molar-refractivity contribution is 5.77. The normalized spacial score (nSPS) is 16.3. The molecule has 0 bridgehead atoms. The number of alkyl halides is 3. The van der Waals surface area contributed by atoms with E-state index in [2.05, 4.69) is 15.0 Å². The number of nitrogens with zero attached hydrogens (tertiary/aromatic N) is 2. The minimum Gasteiger partial charge on any atom is -0.444 e. The molecule has 0 aromatic heterocycles. The molecule has 168 valence electrons. The molecule has 1 heterocycles. The highest BCUT2D eigenvalue weighted by Gasteiger charge is 2.31. The van der Waals surface area contributed by atoms with E-state index in [1.165, 1.54) is 24.3 Å². The first-order valence-corrected chi connectivity index (χ1v) is 9.78. The number of nitrogens with two attached hydrogens (primary N) is 1. The van der Waals surface area contributed by atoms with Crippen molar-refractivity contribution in [1.82, 2.24) is 10.2 Å². The number of carbonyl (C=O) groups is 1. The molecule has 30 heavy (non-hydrogen) atoms. The number of rotatable bonds is 5. The molecule has 0 saturated carbocycles. The quantitative estimate of drug-likeness (QED) is 0.550. The van der Waals surface area contributed by atoms with E-state index in [4.69, 9.17) is 10.5 Å². The van der Waals surface area contributed by atoms with Crippen LogP contribution >= 0.6 is 0 Å². The van der Waals surface area contributed by atoms with Crippen molar-refractivity contribution in [2.45, 2.75) is 52.1 Å². The third-order valence-corrected chi connectivity index (χ3v) is 4.43. The lowest BCUT2D eigenvalue weighted by Crippen LogP contribution is -2.44. The SMILES string of the molecule is CC(C)(C)OC(=O)N1CCC(CNC(N)=NCc2ccc(OC(F)(F)F)cc2)CC1. The topological polar surface area (TPSA) is 89.2 Å². The lowest BCUT2D eigenvalue weighted by molar-refractivity contribution is -0.274. The predicted molar refractivity (Wildman–Crippen MR) is 107 cm³/mol. The van der Waals surface area contributed by atoms with Crippen molar-refractivity contribution in [3.05, 3.63) is 29.8 Å². The summed E-state index contributed by atoms with van der Waals surface area (Å²) in [7, 11) is 0. The lowest BCUT2D eigenvalue weighted by atomic mass is 9.97. The van der Waals surface area contributed by atoms with E-state index < -0.39 is 12.0 Å². The molecule has 1 fully saturated rings. The van der Waals surface area contributed by atoms with E-state index in [9.17, 15) is 18.0 Å². The molecular formula is C20H29F3N4O3. The number of benzene rings is 1. The van der Waals surface area contributed by atoms with Crippen LogP contribution in [0.25, 0.3) is 0 Å². The maximum atomic E-state index is 12.2. The van der Waals surface area contributed by atoms with Crippen LogP contribution in [0.4, 0.5) is 18.0 Å². The molecule has 1 saturated heterocycles. The van der Waals surface area contributed by atoms with Crippen molar-refractivity contribution >= 4 is 12.1 Å². The van der Waals surface area contributed by atoms with Crippen LogP contribution in [0.3, 0.4) is 0 Å². The standard InChI is InChI=1S/C20H29F3N4O3/c1-19(2,3)30-18(28)27-10-8-15(9-11-27)13-26-17(24)25-12-14-4-6-16(7-5-14)29-20(21,22)23/h4-7,15H,8-13H2,1-3H3,(H3,24,25,26). The summed E-state index contributed by atoms with van der Waals surface area (Å²) in [4.78, 5) is 18.0. The number of hydrogen-bond acceptors (Lipinski definition) is 4. The monoisotopic (exact) mass is 430 g/mol. The van der Waals surface area contributed by atoms with Crippen LogP contribution in [0, 0.1) is 5.92 Å². The van der Waals surface area contributed by atoms with Gasteiger partial charge in [0.2, 0.25) is 0 Å². The van der Waals surface area contributed by atoms with Crippen LogP contribution in [-0.2, 0) is 11.3 Å². The molecule has 2 rings (SSSR count). The van der Waals surface area contributed by atoms with Crippen LogP contribution in [0.5, 0.6) is 5.75 Å². The van der Waals surface area contributed by atoms with Crippen molar-refractivity contribution < 1.29 is 27.4 Å². The predicted octanol–water partition coefficient (Wildman–Crippen LogP) is 3.64. The zero-order valence-electron chi connectivity index (χ0n) is 17.5. The molecule has 1 aliphatic rings. The molecule has 0 spiro atoms. The maximum Gasteiger partial charge on any atom is 0.573 e. The van der Waals surface area contributed by atoms with E-state index in [1.807, 2.05) is 20.8 Å². The van der Waals surface area contributed by atoms with Crippen molar-refractivity contribution in [3.8, 4) is 5.75 Å². The number of aliphatic imine (C=N–C) groups is 1. The summed E-state index contributed by atoms with van der Waals surface area (Å²) in [6.07, 6.45) is -3.33. The molecule has 0 radical (unpaired) electrons. The fourth-order valence-corrected chi connectivity index (χ4v) is 2.92. The largest absolute Gasteiger partial charge is 0.573 e. The fraction of sp³-hybridized carbons (Fsp3) is 0.600. The van der Waals surface area contributed by atoms with Gasteiger partial charge in [0.15, 0.2) is 5.96 Å². The van der Waals surface area contributed by atoms with Gasteiger partial charge in [0.1, 0.15) is 11.4 Å². The van der Waals surface area contributed by atoms with E-state index in [0.29, 0.717) is 31.1 Å². The molecule has 1 aromatic rings. The van der Waals surface area contributed by atoms with Gasteiger partial charge in [-0.25, -0.2) is 9.79 Å². The van der Waals surface area contributed by atoms with Gasteiger partial charge in [-0.1, -0.05) is 12.1 Å². The number of likely N-dealkylation sites (tertiary alicyclic amines) is 1. The Bertz CT molecular complexity index is 722. The molecule has 0 unspecified atom stereocenters. The van der Waals surface area contributed by atoms with Crippen molar-refractivity contribution in [3.63, 3.8) is 0 Å². The Balaban J connectivity index is 1.71.